The summed E-state index contributed by atoms with van der Waals surface area (Å²) >= 11 is 0. The van der Waals surface area contributed by atoms with E-state index in [4.69, 9.17) is 9.47 Å². The molecule has 0 radical (unpaired) electrons. The minimum Gasteiger partial charge on any atom is -0.497 e. The SMILES string of the molecule is COc1ccc(OCCNCC(=O)NCc2ccccc2C)cc1. The lowest BCUT2D eigenvalue weighted by Crippen LogP contribution is -2.35. The number of carbonyl (C=O) groups excluding carboxylic acids is 1. The lowest BCUT2D eigenvalue weighted by atomic mass is 10.1. The average Bonchev–Trinajstić information content (AvgIpc) is 2.61. The number of hydrogen-bond acceptors (Lipinski definition) is 4. The van der Waals surface area contributed by atoms with Crippen LogP contribution in [0, 0.1) is 6.92 Å². The second-order valence-corrected chi connectivity index (χ2v) is 5.40. The highest BCUT2D eigenvalue weighted by Crippen LogP contribution is 2.16. The molecule has 5 heteroatoms. The molecular weight excluding hydrogens is 304 g/mol. The molecule has 0 fully saturated rings. The quantitative estimate of drug-likeness (QED) is 0.694. The van der Waals surface area contributed by atoms with Crippen LogP contribution in [-0.4, -0.2) is 32.7 Å². The molecule has 0 spiro atoms. The van der Waals surface area contributed by atoms with Gasteiger partial charge in [0.15, 0.2) is 0 Å². The van der Waals surface area contributed by atoms with Crippen LogP contribution in [0.2, 0.25) is 0 Å². The van der Waals surface area contributed by atoms with E-state index >= 15 is 0 Å². The van der Waals surface area contributed by atoms with Crippen molar-refractivity contribution < 1.29 is 14.3 Å². The molecule has 5 nitrogen and oxygen atoms in total. The number of methoxy groups -OCH3 is 1. The van der Waals surface area contributed by atoms with Gasteiger partial charge in [0.1, 0.15) is 18.1 Å². The Morgan fingerprint density at radius 1 is 1.04 bits per heavy atom. The van der Waals surface area contributed by atoms with Crippen molar-refractivity contribution in [3.63, 3.8) is 0 Å². The fourth-order valence-corrected chi connectivity index (χ4v) is 2.18. The largest absolute Gasteiger partial charge is 0.497 e. The molecule has 0 aliphatic rings. The van der Waals surface area contributed by atoms with Crippen molar-refractivity contribution in [3.05, 3.63) is 59.7 Å². The van der Waals surface area contributed by atoms with Gasteiger partial charge in [0.25, 0.3) is 0 Å². The predicted molar refractivity (Wildman–Crippen MR) is 94.4 cm³/mol. The number of ether oxygens (including phenoxy) is 2. The fourth-order valence-electron chi connectivity index (χ4n) is 2.18. The Kier molecular flexibility index (Phi) is 7.11. The van der Waals surface area contributed by atoms with Gasteiger partial charge in [-0.3, -0.25) is 4.79 Å². The fraction of sp³-hybridized carbons (Fsp3) is 0.316. The number of nitrogens with one attached hydrogen (secondary N) is 2. The number of hydrogen-bond donors (Lipinski definition) is 2. The Bertz CT molecular complexity index is 641. The number of carbonyl (C=O) groups is 1. The number of benzene rings is 2. The van der Waals surface area contributed by atoms with E-state index in [-0.39, 0.29) is 12.5 Å². The minimum absolute atomic E-state index is 0.0253. The highest BCUT2D eigenvalue weighted by molar-refractivity contribution is 5.78. The van der Waals surface area contributed by atoms with E-state index < -0.39 is 0 Å². The zero-order valence-electron chi connectivity index (χ0n) is 14.2. The number of aryl methyl sites for hydroxylation is 1. The third kappa shape index (κ3) is 5.93. The van der Waals surface area contributed by atoms with E-state index in [2.05, 4.69) is 10.6 Å². The highest BCUT2D eigenvalue weighted by Gasteiger charge is 2.02. The third-order valence-electron chi connectivity index (χ3n) is 3.63. The highest BCUT2D eigenvalue weighted by atomic mass is 16.5. The van der Waals surface area contributed by atoms with Crippen molar-refractivity contribution in [3.8, 4) is 11.5 Å². The maximum absolute atomic E-state index is 11.8. The number of rotatable bonds is 9. The van der Waals surface area contributed by atoms with Gasteiger partial charge in [-0.1, -0.05) is 24.3 Å². The first kappa shape index (κ1) is 17.8. The molecule has 1 amide bonds. The lowest BCUT2D eigenvalue weighted by Gasteiger charge is -2.10. The molecule has 0 heterocycles. The Hall–Kier alpha value is -2.53. The van der Waals surface area contributed by atoms with Crippen molar-refractivity contribution in [2.24, 2.45) is 0 Å². The molecule has 0 aromatic heterocycles. The lowest BCUT2D eigenvalue weighted by molar-refractivity contribution is -0.120. The van der Waals surface area contributed by atoms with Crippen LogP contribution in [-0.2, 0) is 11.3 Å². The normalized spacial score (nSPS) is 10.2. The summed E-state index contributed by atoms with van der Waals surface area (Å²) < 4.78 is 10.7. The molecule has 0 unspecified atom stereocenters. The summed E-state index contributed by atoms with van der Waals surface area (Å²) in [6.07, 6.45) is 0. The van der Waals surface area contributed by atoms with Gasteiger partial charge in [-0.15, -0.1) is 0 Å². The third-order valence-corrected chi connectivity index (χ3v) is 3.63. The first-order chi connectivity index (χ1) is 11.7. The van der Waals surface area contributed by atoms with Gasteiger partial charge in [-0.25, -0.2) is 0 Å². The Balaban J connectivity index is 1.58. The van der Waals surface area contributed by atoms with Crippen molar-refractivity contribution in [1.29, 1.82) is 0 Å². The van der Waals surface area contributed by atoms with Gasteiger partial charge >= 0.3 is 0 Å². The van der Waals surface area contributed by atoms with Gasteiger partial charge in [0.2, 0.25) is 5.91 Å². The van der Waals surface area contributed by atoms with E-state index in [9.17, 15) is 4.79 Å². The van der Waals surface area contributed by atoms with Crippen LogP contribution >= 0.6 is 0 Å². The van der Waals surface area contributed by atoms with E-state index in [1.807, 2.05) is 55.5 Å². The van der Waals surface area contributed by atoms with Crippen molar-refractivity contribution in [1.82, 2.24) is 10.6 Å². The Morgan fingerprint density at radius 3 is 2.46 bits per heavy atom. The van der Waals surface area contributed by atoms with E-state index in [0.717, 1.165) is 17.1 Å². The molecule has 2 rings (SSSR count). The van der Waals surface area contributed by atoms with Crippen LogP contribution in [0.15, 0.2) is 48.5 Å². The molecule has 2 aromatic rings. The molecule has 0 saturated carbocycles. The minimum atomic E-state index is -0.0253. The maximum Gasteiger partial charge on any atom is 0.234 e. The van der Waals surface area contributed by atoms with Crippen molar-refractivity contribution in [2.45, 2.75) is 13.5 Å². The Labute approximate surface area is 143 Å². The monoisotopic (exact) mass is 328 g/mol. The summed E-state index contributed by atoms with van der Waals surface area (Å²) in [5.74, 6) is 1.55. The second kappa shape index (κ2) is 9.57. The zero-order valence-corrected chi connectivity index (χ0v) is 14.2. The van der Waals surface area contributed by atoms with Crippen LogP contribution in [0.4, 0.5) is 0 Å². The summed E-state index contributed by atoms with van der Waals surface area (Å²) in [6, 6.07) is 15.4. The second-order valence-electron chi connectivity index (χ2n) is 5.40. The van der Waals surface area contributed by atoms with Crippen LogP contribution < -0.4 is 20.1 Å². The first-order valence-electron chi connectivity index (χ1n) is 7.98. The summed E-state index contributed by atoms with van der Waals surface area (Å²) in [7, 11) is 1.63. The molecule has 0 aliphatic heterocycles. The zero-order chi connectivity index (χ0) is 17.2. The maximum atomic E-state index is 11.8. The van der Waals surface area contributed by atoms with Crippen molar-refractivity contribution in [2.75, 3.05) is 26.8 Å². The molecule has 0 saturated heterocycles. The average molecular weight is 328 g/mol. The van der Waals surface area contributed by atoms with E-state index in [1.165, 1.54) is 5.56 Å². The molecule has 0 bridgehead atoms. The van der Waals surface area contributed by atoms with Crippen LogP contribution in [0.3, 0.4) is 0 Å². The summed E-state index contributed by atoms with van der Waals surface area (Å²) in [4.78, 5) is 11.8. The molecular formula is C19H24N2O3. The summed E-state index contributed by atoms with van der Waals surface area (Å²) in [5, 5.41) is 5.97. The molecule has 128 valence electrons. The number of amides is 1. The smallest absolute Gasteiger partial charge is 0.234 e. The summed E-state index contributed by atoms with van der Waals surface area (Å²) in [6.45, 7) is 3.96. The topological polar surface area (TPSA) is 59.6 Å². The van der Waals surface area contributed by atoms with Crippen molar-refractivity contribution >= 4 is 5.91 Å². The molecule has 0 atom stereocenters. The molecule has 2 N–H and O–H groups in total. The van der Waals surface area contributed by atoms with Gasteiger partial charge in [0, 0.05) is 13.1 Å². The van der Waals surface area contributed by atoms with Gasteiger partial charge in [0.05, 0.1) is 13.7 Å². The standard InChI is InChI=1S/C19H24N2O3/c1-15-5-3-4-6-16(15)13-21-19(22)14-20-11-12-24-18-9-7-17(23-2)8-10-18/h3-10,20H,11-14H2,1-2H3,(H,21,22). The van der Waals surface area contributed by atoms with E-state index in [0.29, 0.717) is 19.7 Å². The predicted octanol–water partition coefficient (Wildman–Crippen LogP) is 2.29. The molecule has 0 aliphatic carbocycles. The molecule has 24 heavy (non-hydrogen) atoms. The van der Waals surface area contributed by atoms with Gasteiger partial charge < -0.3 is 20.1 Å². The Morgan fingerprint density at radius 2 is 1.75 bits per heavy atom. The van der Waals surface area contributed by atoms with Crippen LogP contribution in [0.5, 0.6) is 11.5 Å². The van der Waals surface area contributed by atoms with Gasteiger partial charge in [-0.05, 0) is 42.3 Å². The van der Waals surface area contributed by atoms with E-state index in [1.54, 1.807) is 7.11 Å². The van der Waals surface area contributed by atoms with Gasteiger partial charge in [-0.2, -0.15) is 0 Å². The summed E-state index contributed by atoms with van der Waals surface area (Å²) in [5.41, 5.74) is 2.31. The first-order valence-corrected chi connectivity index (χ1v) is 7.98. The molecule has 2 aromatic carbocycles. The van der Waals surface area contributed by atoms with Crippen LogP contribution in [0.25, 0.3) is 0 Å². The van der Waals surface area contributed by atoms with Crippen LogP contribution in [0.1, 0.15) is 11.1 Å².